The van der Waals surface area contributed by atoms with Crippen molar-refractivity contribution in [3.63, 3.8) is 0 Å². The number of ether oxygens (including phenoxy) is 1. The molecule has 2 heterocycles. The molecular weight excluding hydrogens is 360 g/mol. The van der Waals surface area contributed by atoms with Gasteiger partial charge in [0, 0.05) is 36.1 Å². The average molecular weight is 387 g/mol. The van der Waals surface area contributed by atoms with Gasteiger partial charge in [0.15, 0.2) is 0 Å². The van der Waals surface area contributed by atoms with Gasteiger partial charge in [-0.2, -0.15) is 0 Å². The molecule has 1 aromatic heterocycles. The van der Waals surface area contributed by atoms with E-state index in [0.29, 0.717) is 5.02 Å². The minimum atomic E-state index is -0.231. The van der Waals surface area contributed by atoms with Crippen LogP contribution in [0.2, 0.25) is 5.02 Å². The van der Waals surface area contributed by atoms with Gasteiger partial charge in [0.2, 0.25) is 0 Å². The summed E-state index contributed by atoms with van der Waals surface area (Å²) in [6, 6.07) is 11.6. The van der Waals surface area contributed by atoms with E-state index >= 15 is 0 Å². The van der Waals surface area contributed by atoms with Gasteiger partial charge >= 0.3 is 6.09 Å². The Morgan fingerprint density at radius 2 is 1.85 bits per heavy atom. The molecule has 0 radical (unpaired) electrons. The van der Waals surface area contributed by atoms with Gasteiger partial charge in [0.25, 0.3) is 0 Å². The van der Waals surface area contributed by atoms with E-state index < -0.39 is 0 Å². The van der Waals surface area contributed by atoms with Crippen LogP contribution < -0.4 is 0 Å². The number of aromatic nitrogens is 1. The second kappa shape index (κ2) is 10.3. The molecule has 144 valence electrons. The molecule has 0 N–H and O–H groups in total. The van der Waals surface area contributed by atoms with Gasteiger partial charge < -0.3 is 9.64 Å². The molecule has 1 fully saturated rings. The first-order valence-electron chi connectivity index (χ1n) is 9.76. The Balaban J connectivity index is 1.31. The third-order valence-corrected chi connectivity index (χ3v) is 5.63. The highest BCUT2D eigenvalue weighted by atomic mass is 35.5. The van der Waals surface area contributed by atoms with E-state index in [4.69, 9.17) is 16.3 Å². The summed E-state index contributed by atoms with van der Waals surface area (Å²) < 4.78 is 5.43. The molecule has 4 nitrogen and oxygen atoms in total. The normalized spacial score (nSPS) is 14.9. The second-order valence-electron chi connectivity index (χ2n) is 7.18. The van der Waals surface area contributed by atoms with Crippen molar-refractivity contribution in [1.29, 1.82) is 0 Å². The van der Waals surface area contributed by atoms with Gasteiger partial charge in [0.1, 0.15) is 6.61 Å². The summed E-state index contributed by atoms with van der Waals surface area (Å²) in [5.74, 6) is 0.718. The van der Waals surface area contributed by atoms with Crippen LogP contribution in [0.15, 0.2) is 48.8 Å². The van der Waals surface area contributed by atoms with Crippen molar-refractivity contribution in [2.24, 2.45) is 5.92 Å². The molecule has 0 spiro atoms. The maximum Gasteiger partial charge on any atom is 0.410 e. The Labute approximate surface area is 166 Å². The second-order valence-corrected chi connectivity index (χ2v) is 7.58. The predicted molar refractivity (Wildman–Crippen MR) is 108 cm³/mol. The van der Waals surface area contributed by atoms with Gasteiger partial charge in [-0.3, -0.25) is 4.98 Å². The number of rotatable bonds is 7. The van der Waals surface area contributed by atoms with Crippen molar-refractivity contribution in [2.45, 2.75) is 45.1 Å². The maximum absolute atomic E-state index is 12.3. The number of benzene rings is 1. The van der Waals surface area contributed by atoms with E-state index in [-0.39, 0.29) is 12.7 Å². The molecule has 0 aliphatic carbocycles. The molecule has 2 aromatic rings. The van der Waals surface area contributed by atoms with Crippen LogP contribution in [-0.4, -0.2) is 29.1 Å². The number of pyridine rings is 1. The standard InChI is InChI=1S/C22H27ClN2O2/c23-21-8-4-3-7-20(21)17-27-22(26)25-15-11-19(12-16-25)6-2-1-5-18-9-13-24-14-10-18/h3-4,7-10,13-14,19H,1-2,5-6,11-12,15-17H2. The number of nitrogens with zero attached hydrogens (tertiary/aromatic N) is 2. The zero-order valence-corrected chi connectivity index (χ0v) is 16.4. The van der Waals surface area contributed by atoms with Gasteiger partial charge in [-0.25, -0.2) is 4.79 Å². The Morgan fingerprint density at radius 1 is 1.11 bits per heavy atom. The lowest BCUT2D eigenvalue weighted by Gasteiger charge is -2.31. The van der Waals surface area contributed by atoms with Crippen molar-refractivity contribution in [3.8, 4) is 0 Å². The quantitative estimate of drug-likeness (QED) is 0.590. The number of piperidine rings is 1. The SMILES string of the molecule is O=C(OCc1ccccc1Cl)N1CCC(CCCCc2ccncc2)CC1. The monoisotopic (exact) mass is 386 g/mol. The number of aryl methyl sites for hydroxylation is 1. The summed E-state index contributed by atoms with van der Waals surface area (Å²) in [4.78, 5) is 18.1. The first-order chi connectivity index (χ1) is 13.2. The Bertz CT molecular complexity index is 715. The Hall–Kier alpha value is -2.07. The lowest BCUT2D eigenvalue weighted by atomic mass is 9.91. The lowest BCUT2D eigenvalue weighted by molar-refractivity contribution is 0.0813. The summed E-state index contributed by atoms with van der Waals surface area (Å²) in [6.45, 7) is 1.81. The van der Waals surface area contributed by atoms with Gasteiger partial charge in [-0.15, -0.1) is 0 Å². The van der Waals surface area contributed by atoms with E-state index in [0.717, 1.165) is 43.8 Å². The first-order valence-corrected chi connectivity index (χ1v) is 10.1. The van der Waals surface area contributed by atoms with Gasteiger partial charge in [-0.1, -0.05) is 42.6 Å². The molecule has 0 saturated carbocycles. The molecule has 1 saturated heterocycles. The molecule has 1 amide bonds. The fourth-order valence-corrected chi connectivity index (χ4v) is 3.75. The predicted octanol–water partition coefficient (Wildman–Crippen LogP) is 5.50. The molecule has 1 aliphatic rings. The first kappa shape index (κ1) is 19.7. The van der Waals surface area contributed by atoms with Crippen LogP contribution in [-0.2, 0) is 17.8 Å². The highest BCUT2D eigenvalue weighted by molar-refractivity contribution is 6.31. The Morgan fingerprint density at radius 3 is 2.59 bits per heavy atom. The molecule has 1 aliphatic heterocycles. The molecule has 27 heavy (non-hydrogen) atoms. The van der Waals surface area contributed by atoms with Crippen LogP contribution in [0.3, 0.4) is 0 Å². The lowest BCUT2D eigenvalue weighted by Crippen LogP contribution is -2.38. The van der Waals surface area contributed by atoms with Crippen molar-refractivity contribution < 1.29 is 9.53 Å². The highest BCUT2D eigenvalue weighted by Crippen LogP contribution is 2.24. The fourth-order valence-electron chi connectivity index (χ4n) is 3.56. The third kappa shape index (κ3) is 6.24. The smallest absolute Gasteiger partial charge is 0.410 e. The third-order valence-electron chi connectivity index (χ3n) is 5.26. The van der Waals surface area contributed by atoms with Gasteiger partial charge in [0.05, 0.1) is 0 Å². The van der Waals surface area contributed by atoms with E-state index in [1.54, 1.807) is 0 Å². The zero-order valence-electron chi connectivity index (χ0n) is 15.6. The zero-order chi connectivity index (χ0) is 18.9. The molecular formula is C22H27ClN2O2. The van der Waals surface area contributed by atoms with Crippen molar-refractivity contribution in [1.82, 2.24) is 9.88 Å². The fraction of sp³-hybridized carbons (Fsp3) is 0.455. The van der Waals surface area contributed by atoms with E-state index in [1.807, 2.05) is 41.6 Å². The topological polar surface area (TPSA) is 42.4 Å². The number of unbranched alkanes of at least 4 members (excludes halogenated alkanes) is 1. The van der Waals surface area contributed by atoms with Crippen LogP contribution in [0.1, 0.15) is 43.2 Å². The van der Waals surface area contributed by atoms with Crippen LogP contribution in [0, 0.1) is 5.92 Å². The molecule has 3 rings (SSSR count). The van der Waals surface area contributed by atoms with E-state index in [2.05, 4.69) is 17.1 Å². The van der Waals surface area contributed by atoms with Crippen LogP contribution in [0.5, 0.6) is 0 Å². The summed E-state index contributed by atoms with van der Waals surface area (Å²) in [5.41, 5.74) is 2.21. The van der Waals surface area contributed by atoms with Crippen LogP contribution >= 0.6 is 11.6 Å². The summed E-state index contributed by atoms with van der Waals surface area (Å²) in [7, 11) is 0. The number of carbonyl (C=O) groups is 1. The number of hydrogen-bond donors (Lipinski definition) is 0. The van der Waals surface area contributed by atoms with Crippen molar-refractivity contribution in [3.05, 3.63) is 64.9 Å². The van der Waals surface area contributed by atoms with Crippen molar-refractivity contribution >= 4 is 17.7 Å². The number of hydrogen-bond acceptors (Lipinski definition) is 3. The van der Waals surface area contributed by atoms with E-state index in [1.165, 1.54) is 24.8 Å². The van der Waals surface area contributed by atoms with Gasteiger partial charge in [-0.05, 0) is 55.4 Å². The molecule has 0 unspecified atom stereocenters. The minimum absolute atomic E-state index is 0.230. The number of likely N-dealkylation sites (tertiary alicyclic amines) is 1. The number of amides is 1. The molecule has 5 heteroatoms. The van der Waals surface area contributed by atoms with Crippen LogP contribution in [0.4, 0.5) is 4.79 Å². The number of carbonyl (C=O) groups excluding carboxylic acids is 1. The molecule has 0 bridgehead atoms. The summed E-state index contributed by atoms with van der Waals surface area (Å²) in [6.07, 6.45) is 10.4. The molecule has 0 atom stereocenters. The van der Waals surface area contributed by atoms with E-state index in [9.17, 15) is 4.79 Å². The Kier molecular flexibility index (Phi) is 7.52. The van der Waals surface area contributed by atoms with Crippen molar-refractivity contribution in [2.75, 3.05) is 13.1 Å². The highest BCUT2D eigenvalue weighted by Gasteiger charge is 2.23. The molecule has 1 aromatic carbocycles. The van der Waals surface area contributed by atoms with Crippen LogP contribution in [0.25, 0.3) is 0 Å². The summed E-state index contributed by atoms with van der Waals surface area (Å²) in [5, 5.41) is 0.635. The maximum atomic E-state index is 12.3. The minimum Gasteiger partial charge on any atom is -0.444 e. The summed E-state index contributed by atoms with van der Waals surface area (Å²) >= 11 is 6.10. The average Bonchev–Trinajstić information content (AvgIpc) is 2.72. The number of halogens is 1. The largest absolute Gasteiger partial charge is 0.444 e.